The number of halogens is 2. The second-order valence-corrected chi connectivity index (χ2v) is 6.17. The number of nitrogens with zero attached hydrogens (tertiary/aromatic N) is 1. The molecule has 0 saturated carbocycles. The smallest absolute Gasteiger partial charge is 0.124 e. The Balaban J connectivity index is 2.16. The van der Waals surface area contributed by atoms with Crippen molar-refractivity contribution in [3.05, 3.63) is 45.9 Å². The van der Waals surface area contributed by atoms with E-state index in [2.05, 4.69) is 20.9 Å². The zero-order chi connectivity index (χ0) is 12.7. The molecule has 0 radical (unpaired) electrons. The topological polar surface area (TPSA) is 38.9 Å². The molecule has 0 saturated heterocycles. The number of anilines is 1. The van der Waals surface area contributed by atoms with Crippen LogP contribution < -0.4 is 5.73 Å². The van der Waals surface area contributed by atoms with Gasteiger partial charge in [-0.15, -0.1) is 11.3 Å². The lowest BCUT2D eigenvalue weighted by molar-refractivity contribution is 1.47. The van der Waals surface area contributed by atoms with Gasteiger partial charge in [-0.2, -0.15) is 0 Å². The molecule has 90 valence electrons. The minimum Gasteiger partial charge on any atom is -0.399 e. The Labute approximate surface area is 122 Å². The number of benzene rings is 2. The summed E-state index contributed by atoms with van der Waals surface area (Å²) in [5, 5.41) is 1.66. The van der Waals surface area contributed by atoms with Gasteiger partial charge in [0.1, 0.15) is 5.01 Å². The third-order valence-electron chi connectivity index (χ3n) is 2.58. The Hall–Kier alpha value is -1.10. The lowest BCUT2D eigenvalue weighted by atomic mass is 10.2. The number of hydrogen-bond donors (Lipinski definition) is 1. The minimum atomic E-state index is 0.698. The summed E-state index contributed by atoms with van der Waals surface area (Å²) in [6, 6.07) is 11.6. The van der Waals surface area contributed by atoms with Gasteiger partial charge in [-0.25, -0.2) is 4.98 Å². The van der Waals surface area contributed by atoms with Crippen LogP contribution in [0.15, 0.2) is 40.9 Å². The molecule has 0 fully saturated rings. The summed E-state index contributed by atoms with van der Waals surface area (Å²) in [6.45, 7) is 0. The van der Waals surface area contributed by atoms with Crippen molar-refractivity contribution in [2.45, 2.75) is 0 Å². The number of nitrogen functional groups attached to an aromatic ring is 1. The second kappa shape index (κ2) is 4.53. The number of hydrogen-bond acceptors (Lipinski definition) is 3. The SMILES string of the molecule is Nc1ccc2nc(-c3ccc(Cl)c(Br)c3)sc2c1. The van der Waals surface area contributed by atoms with Crippen molar-refractivity contribution in [1.29, 1.82) is 0 Å². The van der Waals surface area contributed by atoms with E-state index in [1.165, 1.54) is 0 Å². The fourth-order valence-electron chi connectivity index (χ4n) is 1.69. The summed E-state index contributed by atoms with van der Waals surface area (Å²) >= 11 is 11.0. The van der Waals surface area contributed by atoms with Crippen LogP contribution >= 0.6 is 38.9 Å². The molecule has 2 N–H and O–H groups in total. The molecular formula is C13H8BrClN2S. The van der Waals surface area contributed by atoms with E-state index in [9.17, 15) is 0 Å². The summed E-state index contributed by atoms with van der Waals surface area (Å²) in [5.74, 6) is 0. The van der Waals surface area contributed by atoms with Crippen LogP contribution in [0.25, 0.3) is 20.8 Å². The van der Waals surface area contributed by atoms with E-state index >= 15 is 0 Å². The fourth-order valence-corrected chi connectivity index (χ4v) is 3.20. The Morgan fingerprint density at radius 3 is 2.78 bits per heavy atom. The highest BCUT2D eigenvalue weighted by Gasteiger charge is 2.08. The molecule has 0 atom stereocenters. The third kappa shape index (κ3) is 2.11. The molecule has 0 aliphatic carbocycles. The van der Waals surface area contributed by atoms with Crippen LogP contribution in [0.2, 0.25) is 5.02 Å². The number of nitrogens with two attached hydrogens (primary N) is 1. The predicted molar refractivity (Wildman–Crippen MR) is 82.2 cm³/mol. The zero-order valence-electron chi connectivity index (χ0n) is 9.15. The van der Waals surface area contributed by atoms with E-state index in [-0.39, 0.29) is 0 Å². The summed E-state index contributed by atoms with van der Waals surface area (Å²) in [5.41, 5.74) is 8.54. The van der Waals surface area contributed by atoms with Crippen LogP contribution in [0.3, 0.4) is 0 Å². The van der Waals surface area contributed by atoms with Crippen molar-refractivity contribution >= 4 is 54.8 Å². The molecule has 18 heavy (non-hydrogen) atoms. The maximum Gasteiger partial charge on any atom is 0.124 e. The Morgan fingerprint density at radius 1 is 1.17 bits per heavy atom. The Kier molecular flexibility index (Phi) is 3.01. The van der Waals surface area contributed by atoms with Crippen molar-refractivity contribution in [2.75, 3.05) is 5.73 Å². The maximum absolute atomic E-state index is 5.99. The number of aromatic nitrogens is 1. The van der Waals surface area contributed by atoms with Crippen LogP contribution in [0.5, 0.6) is 0 Å². The molecule has 3 aromatic rings. The molecule has 3 rings (SSSR count). The average molecular weight is 340 g/mol. The molecular weight excluding hydrogens is 332 g/mol. The van der Waals surface area contributed by atoms with Crippen LogP contribution in [0.4, 0.5) is 5.69 Å². The van der Waals surface area contributed by atoms with E-state index < -0.39 is 0 Å². The first kappa shape index (κ1) is 12.0. The second-order valence-electron chi connectivity index (χ2n) is 3.88. The molecule has 2 nitrogen and oxygen atoms in total. The van der Waals surface area contributed by atoms with Crippen molar-refractivity contribution in [2.24, 2.45) is 0 Å². The summed E-state index contributed by atoms with van der Waals surface area (Å²) in [4.78, 5) is 4.59. The highest BCUT2D eigenvalue weighted by molar-refractivity contribution is 9.10. The monoisotopic (exact) mass is 338 g/mol. The molecule has 0 spiro atoms. The third-order valence-corrected chi connectivity index (χ3v) is 4.86. The molecule has 0 amide bonds. The van der Waals surface area contributed by atoms with Gasteiger partial charge in [0.05, 0.1) is 15.2 Å². The lowest BCUT2D eigenvalue weighted by Crippen LogP contribution is -1.81. The minimum absolute atomic E-state index is 0.698. The van der Waals surface area contributed by atoms with Crippen LogP contribution in [0.1, 0.15) is 0 Å². The maximum atomic E-state index is 5.99. The fraction of sp³-hybridized carbons (Fsp3) is 0. The number of thiazole rings is 1. The summed E-state index contributed by atoms with van der Waals surface area (Å²) < 4.78 is 1.97. The molecule has 0 unspecified atom stereocenters. The standard InChI is InChI=1S/C13H8BrClN2S/c14-9-5-7(1-3-10(9)15)13-17-11-4-2-8(16)6-12(11)18-13/h1-6H,16H2. The van der Waals surface area contributed by atoms with Gasteiger partial charge in [-0.3, -0.25) is 0 Å². The van der Waals surface area contributed by atoms with Gasteiger partial charge >= 0.3 is 0 Å². The van der Waals surface area contributed by atoms with Gasteiger partial charge in [-0.05, 0) is 46.3 Å². The molecule has 0 bridgehead atoms. The number of fused-ring (bicyclic) bond motifs is 1. The van der Waals surface area contributed by atoms with E-state index in [1.54, 1.807) is 11.3 Å². The Bertz CT molecular complexity index is 739. The van der Waals surface area contributed by atoms with Gasteiger partial charge in [-0.1, -0.05) is 17.7 Å². The van der Waals surface area contributed by atoms with Crippen molar-refractivity contribution < 1.29 is 0 Å². The van der Waals surface area contributed by atoms with Crippen molar-refractivity contribution in [3.8, 4) is 10.6 Å². The van der Waals surface area contributed by atoms with Crippen LogP contribution in [-0.4, -0.2) is 4.98 Å². The van der Waals surface area contributed by atoms with Crippen LogP contribution in [0, 0.1) is 0 Å². The first-order valence-electron chi connectivity index (χ1n) is 5.25. The van der Waals surface area contributed by atoms with E-state index in [0.29, 0.717) is 5.02 Å². The van der Waals surface area contributed by atoms with E-state index in [0.717, 1.165) is 30.9 Å². The first-order valence-corrected chi connectivity index (χ1v) is 7.24. The highest BCUT2D eigenvalue weighted by atomic mass is 79.9. The van der Waals surface area contributed by atoms with E-state index in [1.807, 2.05) is 36.4 Å². The van der Waals surface area contributed by atoms with Crippen LogP contribution in [-0.2, 0) is 0 Å². The lowest BCUT2D eigenvalue weighted by Gasteiger charge is -1.98. The van der Waals surface area contributed by atoms with Crippen molar-refractivity contribution in [1.82, 2.24) is 4.98 Å². The Morgan fingerprint density at radius 2 is 2.00 bits per heavy atom. The molecule has 5 heteroatoms. The summed E-state index contributed by atoms with van der Waals surface area (Å²) in [6.07, 6.45) is 0. The highest BCUT2D eigenvalue weighted by Crippen LogP contribution is 2.34. The van der Waals surface area contributed by atoms with Gasteiger partial charge in [0.15, 0.2) is 0 Å². The molecule has 1 aromatic heterocycles. The average Bonchev–Trinajstić information content (AvgIpc) is 2.75. The molecule has 0 aliphatic rings. The molecule has 1 heterocycles. The van der Waals surface area contributed by atoms with Gasteiger partial charge in [0, 0.05) is 15.7 Å². The summed E-state index contributed by atoms with van der Waals surface area (Å²) in [7, 11) is 0. The normalized spacial score (nSPS) is 11.0. The first-order chi connectivity index (χ1) is 8.63. The van der Waals surface area contributed by atoms with Gasteiger partial charge in [0.25, 0.3) is 0 Å². The molecule has 0 aliphatic heterocycles. The molecule has 2 aromatic carbocycles. The predicted octanol–water partition coefficient (Wildman–Crippen LogP) is 4.96. The quantitative estimate of drug-likeness (QED) is 0.636. The van der Waals surface area contributed by atoms with E-state index in [4.69, 9.17) is 17.3 Å². The number of rotatable bonds is 1. The van der Waals surface area contributed by atoms with Gasteiger partial charge in [0.2, 0.25) is 0 Å². The zero-order valence-corrected chi connectivity index (χ0v) is 12.3. The largest absolute Gasteiger partial charge is 0.399 e. The van der Waals surface area contributed by atoms with Gasteiger partial charge < -0.3 is 5.73 Å². The van der Waals surface area contributed by atoms with Crippen molar-refractivity contribution in [3.63, 3.8) is 0 Å².